The van der Waals surface area contributed by atoms with E-state index in [1.165, 1.54) is 23.1 Å². The van der Waals surface area contributed by atoms with E-state index in [2.05, 4.69) is 22.1 Å². The first-order chi connectivity index (χ1) is 11.5. The maximum atomic E-state index is 12.4. The van der Waals surface area contributed by atoms with Crippen LogP contribution in [0.4, 0.5) is 5.13 Å². The van der Waals surface area contributed by atoms with Gasteiger partial charge in [-0.3, -0.25) is 10.1 Å². The number of carbonyl (C=O) groups excluding carboxylic acids is 1. The monoisotopic (exact) mass is 363 g/mol. The van der Waals surface area contributed by atoms with E-state index in [0.717, 1.165) is 27.0 Å². The van der Waals surface area contributed by atoms with Crippen LogP contribution in [0.15, 0.2) is 35.2 Å². The largest absolute Gasteiger partial charge is 0.480 e. The molecule has 0 bridgehead atoms. The number of thioether (sulfide) groups is 1. The van der Waals surface area contributed by atoms with Crippen LogP contribution in [0, 0.1) is 13.8 Å². The van der Waals surface area contributed by atoms with Crippen LogP contribution in [0.25, 0.3) is 0 Å². The molecule has 2 aromatic rings. The lowest BCUT2D eigenvalue weighted by atomic mass is 10.1. The average Bonchev–Trinajstić information content (AvgIpc) is 3.01. The Morgan fingerprint density at radius 3 is 2.96 bits per heavy atom. The number of carbonyl (C=O) groups is 1. The Morgan fingerprint density at radius 2 is 2.25 bits per heavy atom. The lowest BCUT2D eigenvalue weighted by Gasteiger charge is -2.18. The van der Waals surface area contributed by atoms with Gasteiger partial charge in [0.15, 0.2) is 10.4 Å². The first-order valence-electron chi connectivity index (χ1n) is 7.66. The summed E-state index contributed by atoms with van der Waals surface area (Å²) < 4.78 is 6.71. The van der Waals surface area contributed by atoms with E-state index in [-0.39, 0.29) is 5.91 Å². The van der Waals surface area contributed by atoms with Crippen LogP contribution in [-0.2, 0) is 4.79 Å². The summed E-state index contributed by atoms with van der Waals surface area (Å²) in [6.45, 7) is 9.60. The predicted octanol–water partition coefficient (Wildman–Crippen LogP) is 4.23. The number of nitrogens with one attached hydrogen (secondary N) is 1. The normalized spacial score (nSPS) is 11.8. The first kappa shape index (κ1) is 18.5. The molecular weight excluding hydrogens is 342 g/mol. The number of aromatic nitrogens is 2. The Morgan fingerprint density at radius 1 is 1.46 bits per heavy atom. The molecule has 7 heteroatoms. The third-order valence-electron chi connectivity index (χ3n) is 3.45. The Labute approximate surface area is 150 Å². The van der Waals surface area contributed by atoms with Crippen LogP contribution in [0.1, 0.15) is 24.5 Å². The van der Waals surface area contributed by atoms with Gasteiger partial charge in [-0.15, -0.1) is 16.8 Å². The van der Waals surface area contributed by atoms with Gasteiger partial charge in [-0.2, -0.15) is 0 Å². The molecule has 0 aliphatic heterocycles. The maximum Gasteiger partial charge on any atom is 0.267 e. The second-order valence-electron chi connectivity index (χ2n) is 5.17. The third-order valence-corrected chi connectivity index (χ3v) is 5.42. The van der Waals surface area contributed by atoms with Gasteiger partial charge >= 0.3 is 0 Å². The summed E-state index contributed by atoms with van der Waals surface area (Å²) in [7, 11) is 0. The van der Waals surface area contributed by atoms with Crippen LogP contribution in [0.2, 0.25) is 0 Å². The number of anilines is 1. The third kappa shape index (κ3) is 4.82. The van der Waals surface area contributed by atoms with E-state index >= 15 is 0 Å². The van der Waals surface area contributed by atoms with Gasteiger partial charge in [0.25, 0.3) is 5.91 Å². The molecule has 5 nitrogen and oxygen atoms in total. The van der Waals surface area contributed by atoms with Crippen molar-refractivity contribution in [3.8, 4) is 5.75 Å². The van der Waals surface area contributed by atoms with Crippen molar-refractivity contribution in [2.75, 3.05) is 11.1 Å². The fourth-order valence-electron chi connectivity index (χ4n) is 1.96. The topological polar surface area (TPSA) is 64.1 Å². The molecular formula is C17H21N3O2S2. The number of amides is 1. The Balaban J connectivity index is 2.02. The number of benzene rings is 1. The summed E-state index contributed by atoms with van der Waals surface area (Å²) >= 11 is 2.88. The minimum atomic E-state index is -0.571. The van der Waals surface area contributed by atoms with Crippen LogP contribution in [-0.4, -0.2) is 28.0 Å². The molecule has 1 atom stereocenters. The molecule has 128 valence electrons. The van der Waals surface area contributed by atoms with Crippen molar-refractivity contribution in [3.05, 3.63) is 42.0 Å². The van der Waals surface area contributed by atoms with Crippen molar-refractivity contribution < 1.29 is 9.53 Å². The molecule has 2 rings (SSSR count). The van der Waals surface area contributed by atoms with Crippen molar-refractivity contribution in [2.45, 2.75) is 37.6 Å². The van der Waals surface area contributed by atoms with Crippen molar-refractivity contribution in [1.82, 2.24) is 10.2 Å². The van der Waals surface area contributed by atoms with Crippen LogP contribution in [0.5, 0.6) is 5.75 Å². The molecule has 1 aromatic heterocycles. The van der Waals surface area contributed by atoms with Gasteiger partial charge in [-0.25, -0.2) is 0 Å². The van der Waals surface area contributed by atoms with Crippen molar-refractivity contribution in [3.63, 3.8) is 0 Å². The average molecular weight is 364 g/mol. The Bertz CT molecular complexity index is 716. The van der Waals surface area contributed by atoms with Crippen LogP contribution in [0.3, 0.4) is 0 Å². The summed E-state index contributed by atoms with van der Waals surface area (Å²) in [5.41, 5.74) is 2.18. The van der Waals surface area contributed by atoms with Gasteiger partial charge in [-0.1, -0.05) is 48.2 Å². The van der Waals surface area contributed by atoms with E-state index in [0.29, 0.717) is 11.6 Å². The number of nitrogens with zero attached hydrogens (tertiary/aromatic N) is 2. The summed E-state index contributed by atoms with van der Waals surface area (Å²) in [4.78, 5) is 12.4. The fourth-order valence-corrected chi connectivity index (χ4v) is 3.48. The molecule has 24 heavy (non-hydrogen) atoms. The molecule has 0 radical (unpaired) electrons. The molecule has 1 heterocycles. The molecule has 0 fully saturated rings. The Kier molecular flexibility index (Phi) is 6.81. The van der Waals surface area contributed by atoms with Gasteiger partial charge in [0.2, 0.25) is 5.13 Å². The van der Waals surface area contributed by atoms with Crippen molar-refractivity contribution in [2.24, 2.45) is 0 Å². The molecule has 0 spiro atoms. The van der Waals surface area contributed by atoms with Gasteiger partial charge in [0.1, 0.15) is 5.75 Å². The van der Waals surface area contributed by atoms with Crippen LogP contribution < -0.4 is 10.1 Å². The quantitative estimate of drug-likeness (QED) is 0.432. The second-order valence-corrected chi connectivity index (χ2v) is 7.42. The van der Waals surface area contributed by atoms with Crippen LogP contribution >= 0.6 is 23.1 Å². The van der Waals surface area contributed by atoms with E-state index in [4.69, 9.17) is 4.74 Å². The molecule has 1 amide bonds. The van der Waals surface area contributed by atoms with E-state index in [1.807, 2.05) is 39.0 Å². The molecule has 1 unspecified atom stereocenters. The number of aryl methyl sites for hydroxylation is 1. The van der Waals surface area contributed by atoms with Gasteiger partial charge in [0.05, 0.1) is 0 Å². The molecule has 0 saturated heterocycles. The number of rotatable bonds is 8. The summed E-state index contributed by atoms with van der Waals surface area (Å²) in [5.74, 6) is 1.28. The lowest BCUT2D eigenvalue weighted by molar-refractivity contribution is -0.122. The highest BCUT2D eigenvalue weighted by atomic mass is 32.2. The predicted molar refractivity (Wildman–Crippen MR) is 100 cm³/mol. The van der Waals surface area contributed by atoms with Crippen molar-refractivity contribution >= 4 is 34.1 Å². The maximum absolute atomic E-state index is 12.4. The summed E-state index contributed by atoms with van der Waals surface area (Å²) in [6.07, 6.45) is 1.80. The fraction of sp³-hybridized carbons (Fsp3) is 0.353. The van der Waals surface area contributed by atoms with Gasteiger partial charge in [-0.05, 0) is 37.5 Å². The molecule has 0 saturated carbocycles. The number of hydrogen-bond acceptors (Lipinski definition) is 6. The summed E-state index contributed by atoms with van der Waals surface area (Å²) in [6, 6.07) is 5.83. The zero-order chi connectivity index (χ0) is 17.5. The zero-order valence-corrected chi connectivity index (χ0v) is 15.7. The van der Waals surface area contributed by atoms with Gasteiger partial charge < -0.3 is 4.74 Å². The first-order valence-corrected chi connectivity index (χ1v) is 9.46. The Hall–Kier alpha value is -1.86. The van der Waals surface area contributed by atoms with Crippen molar-refractivity contribution in [1.29, 1.82) is 0 Å². The van der Waals surface area contributed by atoms with Gasteiger partial charge in [0, 0.05) is 5.75 Å². The van der Waals surface area contributed by atoms with E-state index in [9.17, 15) is 4.79 Å². The minimum absolute atomic E-state index is 0.213. The summed E-state index contributed by atoms with van der Waals surface area (Å²) in [5, 5.41) is 11.3. The number of ether oxygens (including phenoxy) is 1. The minimum Gasteiger partial charge on any atom is -0.480 e. The molecule has 0 aliphatic rings. The standard InChI is InChI=1S/C17H21N3O2S2/c1-5-10-23-17-20-19-16(24-17)18-15(21)13(6-2)22-14-9-7-8-11(3)12(14)4/h5,7-9,13H,1,6,10H2,2-4H3,(H,18,19,21). The molecule has 1 N–H and O–H groups in total. The highest BCUT2D eigenvalue weighted by molar-refractivity contribution is 8.01. The second kappa shape index (κ2) is 8.84. The molecule has 0 aliphatic carbocycles. The number of hydrogen-bond donors (Lipinski definition) is 1. The highest BCUT2D eigenvalue weighted by Crippen LogP contribution is 2.26. The van der Waals surface area contributed by atoms with E-state index in [1.54, 1.807) is 6.08 Å². The highest BCUT2D eigenvalue weighted by Gasteiger charge is 2.21. The smallest absolute Gasteiger partial charge is 0.267 e. The van der Waals surface area contributed by atoms with E-state index < -0.39 is 6.10 Å². The lowest BCUT2D eigenvalue weighted by Crippen LogP contribution is -2.32. The molecule has 1 aromatic carbocycles. The zero-order valence-electron chi connectivity index (χ0n) is 14.0. The SMILES string of the molecule is C=CCSc1nnc(NC(=O)C(CC)Oc2cccc(C)c2C)s1.